The van der Waals surface area contributed by atoms with Crippen molar-refractivity contribution in [1.29, 1.82) is 0 Å². The summed E-state index contributed by atoms with van der Waals surface area (Å²) in [7, 11) is 0. The third kappa shape index (κ3) is 6.42. The highest BCUT2D eigenvalue weighted by Gasteiger charge is 2.27. The van der Waals surface area contributed by atoms with Crippen molar-refractivity contribution in [1.82, 2.24) is 25.3 Å². The molecule has 0 aliphatic carbocycles. The molecule has 2 amide bonds. The molecule has 1 aliphatic heterocycles. The first-order valence-electron chi connectivity index (χ1n) is 12.4. The summed E-state index contributed by atoms with van der Waals surface area (Å²) >= 11 is 6.06. The SMILES string of the molecule is O=C(NCc1cccnc1)c1ccccc1NC(=O)C1CCN(Cc2nc(-c3cccc(Cl)c3)no2)CC1. The first-order chi connectivity index (χ1) is 18.5. The van der Waals surface area contributed by atoms with E-state index in [-0.39, 0.29) is 17.7 Å². The number of likely N-dealkylation sites (tertiary alicyclic amines) is 1. The number of para-hydroxylation sites is 1. The molecule has 194 valence electrons. The molecule has 1 fully saturated rings. The number of rotatable bonds is 8. The van der Waals surface area contributed by atoms with Gasteiger partial charge in [-0.05, 0) is 61.8 Å². The molecule has 2 N–H and O–H groups in total. The molecule has 1 aliphatic rings. The normalized spacial score (nSPS) is 14.2. The molecule has 38 heavy (non-hydrogen) atoms. The highest BCUT2D eigenvalue weighted by Crippen LogP contribution is 2.24. The molecule has 0 atom stereocenters. The highest BCUT2D eigenvalue weighted by molar-refractivity contribution is 6.30. The lowest BCUT2D eigenvalue weighted by atomic mass is 9.95. The molecule has 4 aromatic rings. The summed E-state index contributed by atoms with van der Waals surface area (Å²) in [6, 6.07) is 18.1. The van der Waals surface area contributed by atoms with Crippen molar-refractivity contribution in [2.24, 2.45) is 5.92 Å². The van der Waals surface area contributed by atoms with E-state index in [4.69, 9.17) is 16.1 Å². The third-order valence-electron chi connectivity index (χ3n) is 6.47. The maximum Gasteiger partial charge on any atom is 0.253 e. The van der Waals surface area contributed by atoms with Crippen LogP contribution in [-0.2, 0) is 17.9 Å². The Morgan fingerprint density at radius 3 is 2.68 bits per heavy atom. The number of carbonyl (C=O) groups excluding carboxylic acids is 2. The highest BCUT2D eigenvalue weighted by atomic mass is 35.5. The van der Waals surface area contributed by atoms with E-state index in [0.717, 1.165) is 24.2 Å². The van der Waals surface area contributed by atoms with E-state index in [2.05, 4.69) is 30.7 Å². The molecule has 0 spiro atoms. The van der Waals surface area contributed by atoms with E-state index in [1.165, 1.54) is 0 Å². The fourth-order valence-corrected chi connectivity index (χ4v) is 4.60. The number of piperidine rings is 1. The number of aromatic nitrogens is 3. The van der Waals surface area contributed by atoms with Gasteiger partial charge >= 0.3 is 0 Å². The van der Waals surface area contributed by atoms with Gasteiger partial charge in [0.25, 0.3) is 5.91 Å². The van der Waals surface area contributed by atoms with Crippen molar-refractivity contribution in [2.75, 3.05) is 18.4 Å². The van der Waals surface area contributed by atoms with Gasteiger partial charge in [0.2, 0.25) is 17.6 Å². The maximum atomic E-state index is 13.1. The van der Waals surface area contributed by atoms with E-state index >= 15 is 0 Å². The van der Waals surface area contributed by atoms with Gasteiger partial charge in [0.1, 0.15) is 0 Å². The molecule has 0 radical (unpaired) electrons. The average Bonchev–Trinajstić information content (AvgIpc) is 3.41. The van der Waals surface area contributed by atoms with Crippen LogP contribution in [0.15, 0.2) is 77.6 Å². The second-order valence-corrected chi connectivity index (χ2v) is 9.59. The van der Waals surface area contributed by atoms with Crippen LogP contribution >= 0.6 is 11.6 Å². The zero-order chi connectivity index (χ0) is 26.3. The summed E-state index contributed by atoms with van der Waals surface area (Å²) in [6.45, 7) is 2.32. The first kappa shape index (κ1) is 25.6. The van der Waals surface area contributed by atoms with Crippen LogP contribution in [0.3, 0.4) is 0 Å². The minimum absolute atomic E-state index is 0.0850. The van der Waals surface area contributed by atoms with Crippen molar-refractivity contribution in [3.05, 3.63) is 95.1 Å². The minimum atomic E-state index is -0.253. The van der Waals surface area contributed by atoms with Crippen LogP contribution in [0.5, 0.6) is 0 Å². The minimum Gasteiger partial charge on any atom is -0.348 e. The quantitative estimate of drug-likeness (QED) is 0.343. The van der Waals surface area contributed by atoms with Gasteiger partial charge in [0.05, 0.1) is 17.8 Å². The van der Waals surface area contributed by atoms with Gasteiger partial charge in [0, 0.05) is 35.4 Å². The summed E-state index contributed by atoms with van der Waals surface area (Å²) < 4.78 is 5.43. The van der Waals surface area contributed by atoms with Crippen molar-refractivity contribution in [2.45, 2.75) is 25.9 Å². The zero-order valence-electron chi connectivity index (χ0n) is 20.6. The van der Waals surface area contributed by atoms with E-state index < -0.39 is 0 Å². The first-order valence-corrected chi connectivity index (χ1v) is 12.8. The van der Waals surface area contributed by atoms with Crippen LogP contribution in [0.2, 0.25) is 5.02 Å². The summed E-state index contributed by atoms with van der Waals surface area (Å²) in [6.07, 6.45) is 4.77. The van der Waals surface area contributed by atoms with Crippen molar-refractivity contribution < 1.29 is 14.1 Å². The Kier molecular flexibility index (Phi) is 8.06. The largest absolute Gasteiger partial charge is 0.348 e. The van der Waals surface area contributed by atoms with Crippen LogP contribution < -0.4 is 10.6 Å². The number of anilines is 1. The van der Waals surface area contributed by atoms with Gasteiger partial charge in [0.15, 0.2) is 0 Å². The number of benzene rings is 2. The number of carbonyl (C=O) groups is 2. The molecule has 1 saturated heterocycles. The lowest BCUT2D eigenvalue weighted by Crippen LogP contribution is -2.38. The molecule has 3 heterocycles. The van der Waals surface area contributed by atoms with Gasteiger partial charge in [-0.3, -0.25) is 19.5 Å². The molecule has 9 nitrogen and oxygen atoms in total. The van der Waals surface area contributed by atoms with Gasteiger partial charge in [-0.2, -0.15) is 4.98 Å². The lowest BCUT2D eigenvalue weighted by molar-refractivity contribution is -0.121. The van der Waals surface area contributed by atoms with Crippen LogP contribution in [0.25, 0.3) is 11.4 Å². The number of hydrogen-bond acceptors (Lipinski definition) is 7. The molecule has 0 unspecified atom stereocenters. The monoisotopic (exact) mass is 530 g/mol. The third-order valence-corrected chi connectivity index (χ3v) is 6.71. The number of halogens is 1. The molecular weight excluding hydrogens is 504 g/mol. The fourth-order valence-electron chi connectivity index (χ4n) is 4.41. The lowest BCUT2D eigenvalue weighted by Gasteiger charge is -2.30. The van der Waals surface area contributed by atoms with Crippen LogP contribution in [0.4, 0.5) is 5.69 Å². The Bertz CT molecular complexity index is 1400. The van der Waals surface area contributed by atoms with Gasteiger partial charge in [-0.15, -0.1) is 0 Å². The molecule has 0 saturated carbocycles. The Morgan fingerprint density at radius 1 is 1.05 bits per heavy atom. The van der Waals surface area contributed by atoms with Crippen LogP contribution in [-0.4, -0.2) is 44.9 Å². The number of pyridine rings is 1. The summed E-state index contributed by atoms with van der Waals surface area (Å²) in [5, 5.41) is 10.5. The predicted octanol–water partition coefficient (Wildman–Crippen LogP) is 4.57. The molecule has 0 bridgehead atoms. The molecule has 10 heteroatoms. The maximum absolute atomic E-state index is 13.1. The molecule has 2 aromatic carbocycles. The van der Waals surface area contributed by atoms with Gasteiger partial charge in [-0.1, -0.05) is 47.1 Å². The fraction of sp³-hybridized carbons (Fsp3) is 0.250. The smallest absolute Gasteiger partial charge is 0.253 e. The number of nitrogens with zero attached hydrogens (tertiary/aromatic N) is 4. The summed E-state index contributed by atoms with van der Waals surface area (Å²) in [5.74, 6) is 0.533. The van der Waals surface area contributed by atoms with E-state index in [1.807, 2.05) is 24.3 Å². The molecule has 2 aromatic heterocycles. The van der Waals surface area contributed by atoms with E-state index in [9.17, 15) is 9.59 Å². The second-order valence-electron chi connectivity index (χ2n) is 9.15. The predicted molar refractivity (Wildman–Crippen MR) is 143 cm³/mol. The van der Waals surface area contributed by atoms with Crippen LogP contribution in [0.1, 0.15) is 34.7 Å². The standard InChI is InChI=1S/C28H27ClN6O3/c29-22-7-3-6-21(15-22)26-33-25(38-34-26)18-35-13-10-20(11-14-35)27(36)32-24-9-2-1-8-23(24)28(37)31-17-19-5-4-12-30-16-19/h1-9,12,15-16,20H,10-11,13-14,17-18H2,(H,31,37)(H,32,36). The Labute approximate surface area is 225 Å². The van der Waals surface area contributed by atoms with E-state index in [0.29, 0.717) is 53.9 Å². The summed E-state index contributed by atoms with van der Waals surface area (Å²) in [5.41, 5.74) is 2.63. The second kappa shape index (κ2) is 12.0. The topological polar surface area (TPSA) is 113 Å². The number of nitrogens with one attached hydrogen (secondary N) is 2. The Balaban J connectivity index is 1.13. The van der Waals surface area contributed by atoms with Crippen molar-refractivity contribution in [3.63, 3.8) is 0 Å². The zero-order valence-corrected chi connectivity index (χ0v) is 21.4. The van der Waals surface area contributed by atoms with Gasteiger partial charge in [-0.25, -0.2) is 0 Å². The van der Waals surface area contributed by atoms with Crippen molar-refractivity contribution >= 4 is 29.1 Å². The van der Waals surface area contributed by atoms with Gasteiger partial charge < -0.3 is 15.2 Å². The average molecular weight is 531 g/mol. The van der Waals surface area contributed by atoms with Crippen LogP contribution in [0, 0.1) is 5.92 Å². The Hall–Kier alpha value is -4.08. The molecule has 5 rings (SSSR count). The Morgan fingerprint density at radius 2 is 1.89 bits per heavy atom. The number of amides is 2. The molecular formula is C28H27ClN6O3. The van der Waals surface area contributed by atoms with Crippen molar-refractivity contribution in [3.8, 4) is 11.4 Å². The number of hydrogen-bond donors (Lipinski definition) is 2. The van der Waals surface area contributed by atoms with E-state index in [1.54, 1.807) is 48.8 Å². The summed E-state index contributed by atoms with van der Waals surface area (Å²) in [4.78, 5) is 36.6.